The van der Waals surface area contributed by atoms with Crippen molar-refractivity contribution in [3.05, 3.63) is 17.6 Å². The fourth-order valence-corrected chi connectivity index (χ4v) is 5.02. The van der Waals surface area contributed by atoms with E-state index in [0.717, 1.165) is 19.3 Å². The third kappa shape index (κ3) is 2.18. The average Bonchev–Trinajstić information content (AvgIpc) is 3.03. The summed E-state index contributed by atoms with van der Waals surface area (Å²) < 4.78 is 38.1. The molecule has 1 aliphatic heterocycles. The van der Waals surface area contributed by atoms with Gasteiger partial charge in [-0.15, -0.1) is 0 Å². The van der Waals surface area contributed by atoms with Gasteiger partial charge in [0.15, 0.2) is 0 Å². The van der Waals surface area contributed by atoms with Crippen LogP contribution in [-0.2, 0) is 21.4 Å². The predicted molar refractivity (Wildman–Crippen MR) is 70.6 cm³/mol. The maximum absolute atomic E-state index is 12.8. The number of furan rings is 1. The molecule has 3 rings (SSSR count). The molecule has 0 amide bonds. The molecule has 2 heterocycles. The number of aryl methyl sites for hydroxylation is 1. The Morgan fingerprint density at radius 3 is 2.95 bits per heavy atom. The van der Waals surface area contributed by atoms with Crippen LogP contribution in [0.4, 0.5) is 0 Å². The Labute approximate surface area is 118 Å². The van der Waals surface area contributed by atoms with Crippen molar-refractivity contribution in [2.24, 2.45) is 0 Å². The molecule has 1 aromatic rings. The summed E-state index contributed by atoms with van der Waals surface area (Å²) in [6, 6.07) is 1.35. The number of nitrogens with zero attached hydrogens (tertiary/aromatic N) is 1. The summed E-state index contributed by atoms with van der Waals surface area (Å²) >= 11 is 0. The van der Waals surface area contributed by atoms with E-state index in [4.69, 9.17) is 14.3 Å². The van der Waals surface area contributed by atoms with Gasteiger partial charge in [0.25, 0.3) is 0 Å². The Balaban J connectivity index is 1.96. The van der Waals surface area contributed by atoms with Gasteiger partial charge in [-0.05, 0) is 26.2 Å². The van der Waals surface area contributed by atoms with Crippen molar-refractivity contribution in [1.29, 1.82) is 0 Å². The molecule has 112 valence electrons. The van der Waals surface area contributed by atoms with Gasteiger partial charge in [0.1, 0.15) is 23.0 Å². The molecule has 1 aliphatic carbocycles. The smallest absolute Gasteiger partial charge is 0.246 e. The molecule has 0 radical (unpaired) electrons. The second-order valence-electron chi connectivity index (χ2n) is 5.31. The van der Waals surface area contributed by atoms with Crippen LogP contribution < -0.4 is 0 Å². The predicted octanol–water partition coefficient (Wildman–Crippen LogP) is 1.02. The lowest BCUT2D eigenvalue weighted by Gasteiger charge is -2.36. The zero-order valence-electron chi connectivity index (χ0n) is 11.4. The van der Waals surface area contributed by atoms with Crippen molar-refractivity contribution in [3.8, 4) is 0 Å². The largest absolute Gasteiger partial charge is 0.462 e. The second-order valence-corrected chi connectivity index (χ2v) is 7.17. The number of hydrogen-bond acceptors (Lipinski definition) is 5. The van der Waals surface area contributed by atoms with E-state index in [-0.39, 0.29) is 29.4 Å². The monoisotopic (exact) mass is 301 g/mol. The van der Waals surface area contributed by atoms with Crippen LogP contribution in [0.2, 0.25) is 0 Å². The molecule has 1 N–H and O–H groups in total. The van der Waals surface area contributed by atoms with Crippen LogP contribution in [-0.4, -0.2) is 43.1 Å². The Morgan fingerprint density at radius 2 is 2.25 bits per heavy atom. The molecule has 20 heavy (non-hydrogen) atoms. The van der Waals surface area contributed by atoms with Crippen LogP contribution in [0.3, 0.4) is 0 Å². The Bertz CT molecular complexity index is 594. The first-order valence-corrected chi connectivity index (χ1v) is 8.31. The van der Waals surface area contributed by atoms with Gasteiger partial charge in [0.05, 0.1) is 18.8 Å². The van der Waals surface area contributed by atoms with E-state index in [9.17, 15) is 8.42 Å². The van der Waals surface area contributed by atoms with Crippen molar-refractivity contribution >= 4 is 10.0 Å². The molecule has 1 saturated heterocycles. The van der Waals surface area contributed by atoms with Gasteiger partial charge in [-0.1, -0.05) is 0 Å². The van der Waals surface area contributed by atoms with Crippen molar-refractivity contribution in [2.75, 3.05) is 13.2 Å². The SMILES string of the molecule is Cc1oc(CO)cc1S(=O)(=O)N1CCOC2CCCC21. The van der Waals surface area contributed by atoms with Gasteiger partial charge in [-0.3, -0.25) is 0 Å². The normalized spacial score (nSPS) is 27.7. The highest BCUT2D eigenvalue weighted by Gasteiger charge is 2.43. The van der Waals surface area contributed by atoms with E-state index in [1.807, 2.05) is 0 Å². The average molecular weight is 301 g/mol. The highest BCUT2D eigenvalue weighted by atomic mass is 32.2. The molecule has 6 nitrogen and oxygen atoms in total. The van der Waals surface area contributed by atoms with Crippen molar-refractivity contribution in [2.45, 2.75) is 49.8 Å². The molecule has 1 aromatic heterocycles. The molecule has 2 atom stereocenters. The fourth-order valence-electron chi connectivity index (χ4n) is 3.17. The van der Waals surface area contributed by atoms with Gasteiger partial charge < -0.3 is 14.3 Å². The number of rotatable bonds is 3. The molecule has 0 bridgehead atoms. The first-order valence-electron chi connectivity index (χ1n) is 6.87. The van der Waals surface area contributed by atoms with Crippen molar-refractivity contribution in [1.82, 2.24) is 4.31 Å². The van der Waals surface area contributed by atoms with Gasteiger partial charge >= 0.3 is 0 Å². The van der Waals surface area contributed by atoms with Gasteiger partial charge in [-0.25, -0.2) is 8.42 Å². The first kappa shape index (κ1) is 14.1. The number of aliphatic hydroxyl groups is 1. The van der Waals surface area contributed by atoms with Gasteiger partial charge in [-0.2, -0.15) is 4.31 Å². The Morgan fingerprint density at radius 1 is 1.45 bits per heavy atom. The molecular weight excluding hydrogens is 282 g/mol. The third-order valence-corrected chi connectivity index (χ3v) is 6.13. The summed E-state index contributed by atoms with van der Waals surface area (Å²) in [6.45, 7) is 2.12. The fraction of sp³-hybridized carbons (Fsp3) is 0.692. The highest BCUT2D eigenvalue weighted by molar-refractivity contribution is 7.89. The molecule has 7 heteroatoms. The van der Waals surface area contributed by atoms with E-state index in [1.165, 1.54) is 6.07 Å². The zero-order chi connectivity index (χ0) is 14.3. The highest BCUT2D eigenvalue weighted by Crippen LogP contribution is 2.34. The lowest BCUT2D eigenvalue weighted by Crippen LogP contribution is -2.51. The lowest BCUT2D eigenvalue weighted by atomic mass is 10.2. The minimum atomic E-state index is -3.59. The van der Waals surface area contributed by atoms with Crippen LogP contribution in [0, 0.1) is 6.92 Å². The summed E-state index contributed by atoms with van der Waals surface area (Å²) in [5.41, 5.74) is 0. The van der Waals surface area contributed by atoms with E-state index in [1.54, 1.807) is 11.2 Å². The van der Waals surface area contributed by atoms with Crippen LogP contribution in [0.1, 0.15) is 30.8 Å². The minimum absolute atomic E-state index is 0.0167. The van der Waals surface area contributed by atoms with E-state index >= 15 is 0 Å². The van der Waals surface area contributed by atoms with E-state index in [0.29, 0.717) is 18.9 Å². The van der Waals surface area contributed by atoms with Crippen molar-refractivity contribution in [3.63, 3.8) is 0 Å². The summed E-state index contributed by atoms with van der Waals surface area (Å²) in [5.74, 6) is 0.604. The van der Waals surface area contributed by atoms with Crippen LogP contribution in [0.5, 0.6) is 0 Å². The molecular formula is C13H19NO5S. The molecule has 1 saturated carbocycles. The zero-order valence-corrected chi connectivity index (χ0v) is 12.2. The number of hydrogen-bond donors (Lipinski definition) is 1. The Hall–Kier alpha value is -0.890. The molecule has 0 spiro atoms. The van der Waals surface area contributed by atoms with E-state index < -0.39 is 10.0 Å². The minimum Gasteiger partial charge on any atom is -0.462 e. The van der Waals surface area contributed by atoms with Crippen LogP contribution in [0.25, 0.3) is 0 Å². The molecule has 0 aromatic carbocycles. The third-order valence-electron chi connectivity index (χ3n) is 4.10. The van der Waals surface area contributed by atoms with Crippen LogP contribution in [0.15, 0.2) is 15.4 Å². The first-order chi connectivity index (χ1) is 9.54. The molecule has 2 unspecified atom stereocenters. The topological polar surface area (TPSA) is 80.0 Å². The van der Waals surface area contributed by atoms with Gasteiger partial charge in [0.2, 0.25) is 10.0 Å². The molecule has 2 fully saturated rings. The van der Waals surface area contributed by atoms with Crippen LogP contribution >= 0.6 is 0 Å². The summed E-state index contributed by atoms with van der Waals surface area (Å²) in [4.78, 5) is 0.161. The number of morpholine rings is 1. The maximum atomic E-state index is 12.8. The quantitative estimate of drug-likeness (QED) is 0.901. The number of aliphatic hydroxyl groups excluding tert-OH is 1. The van der Waals surface area contributed by atoms with Crippen molar-refractivity contribution < 1.29 is 22.7 Å². The number of sulfonamides is 1. The standard InChI is InChI=1S/C13H19NO5S/c1-9-13(7-10(8-15)19-9)20(16,17)14-5-6-18-12-4-2-3-11(12)14/h7,11-12,15H,2-6,8H2,1H3. The van der Waals surface area contributed by atoms with Gasteiger partial charge in [0, 0.05) is 12.6 Å². The maximum Gasteiger partial charge on any atom is 0.246 e. The number of fused-ring (bicyclic) bond motifs is 1. The van der Waals surface area contributed by atoms with E-state index in [2.05, 4.69) is 0 Å². The Kier molecular flexibility index (Phi) is 3.62. The second kappa shape index (κ2) is 5.14. The summed E-state index contributed by atoms with van der Waals surface area (Å²) in [7, 11) is -3.59. The molecule has 2 aliphatic rings. The lowest BCUT2D eigenvalue weighted by molar-refractivity contribution is -0.0242. The number of ether oxygens (including phenoxy) is 1. The summed E-state index contributed by atoms with van der Waals surface area (Å²) in [5, 5.41) is 9.08. The summed E-state index contributed by atoms with van der Waals surface area (Å²) in [6.07, 6.45) is 2.77.